The van der Waals surface area contributed by atoms with Crippen molar-refractivity contribution in [2.24, 2.45) is 10.4 Å². The molecule has 1 aliphatic rings. The van der Waals surface area contributed by atoms with Crippen molar-refractivity contribution in [2.45, 2.75) is 32.6 Å². The smallest absolute Gasteiger partial charge is 0.208 e. The summed E-state index contributed by atoms with van der Waals surface area (Å²) in [5, 5.41) is 6.34. The number of hydrogen-bond acceptors (Lipinski definition) is 4. The predicted octanol–water partition coefficient (Wildman–Crippen LogP) is 0.298. The monoisotopic (exact) mass is 334 g/mol. The highest BCUT2D eigenvalue weighted by Gasteiger charge is 2.36. The molecule has 0 saturated heterocycles. The van der Waals surface area contributed by atoms with Crippen LogP contribution in [0.2, 0.25) is 0 Å². The molecule has 8 heteroatoms. The zero-order valence-electron chi connectivity index (χ0n) is 13.9. The molecule has 0 radical (unpaired) electrons. The van der Waals surface area contributed by atoms with Gasteiger partial charge in [-0.3, -0.25) is 4.99 Å². The number of aliphatic imine (C=N–C) groups is 1. The van der Waals surface area contributed by atoms with E-state index in [2.05, 4.69) is 20.3 Å². The number of rotatable bonds is 10. The maximum absolute atomic E-state index is 11.0. The lowest BCUT2D eigenvalue weighted by Gasteiger charge is -2.40. The minimum atomic E-state index is -3.14. The molecule has 0 aromatic heterocycles. The summed E-state index contributed by atoms with van der Waals surface area (Å²) in [7, 11) is -1.41. The van der Waals surface area contributed by atoms with Crippen molar-refractivity contribution < 1.29 is 13.2 Å². The summed E-state index contributed by atoms with van der Waals surface area (Å²) < 4.78 is 29.7. The molecule has 0 amide bonds. The van der Waals surface area contributed by atoms with Crippen molar-refractivity contribution in [2.75, 3.05) is 46.2 Å². The van der Waals surface area contributed by atoms with Gasteiger partial charge >= 0.3 is 0 Å². The van der Waals surface area contributed by atoms with E-state index in [0.29, 0.717) is 13.1 Å². The number of hydrogen-bond donors (Lipinski definition) is 3. The molecular weight excluding hydrogens is 304 g/mol. The maximum atomic E-state index is 11.0. The van der Waals surface area contributed by atoms with Gasteiger partial charge in [-0.15, -0.1) is 0 Å². The van der Waals surface area contributed by atoms with E-state index in [1.807, 2.05) is 6.92 Å². The van der Waals surface area contributed by atoms with Crippen molar-refractivity contribution >= 4 is 16.0 Å². The van der Waals surface area contributed by atoms with Crippen molar-refractivity contribution in [1.29, 1.82) is 0 Å². The standard InChI is InChI=1S/C14H30N4O3S/c1-4-15-13(16-9-10-18-22(3,19)20)17-12-14(6-5-7-14)8-11-21-2/h18H,4-12H2,1-3H3,(H2,15,16,17). The fourth-order valence-electron chi connectivity index (χ4n) is 2.49. The minimum absolute atomic E-state index is 0.281. The Morgan fingerprint density at radius 3 is 2.50 bits per heavy atom. The van der Waals surface area contributed by atoms with E-state index in [0.717, 1.165) is 38.3 Å². The first-order valence-electron chi connectivity index (χ1n) is 7.86. The van der Waals surface area contributed by atoms with Crippen LogP contribution in [0.5, 0.6) is 0 Å². The zero-order valence-corrected chi connectivity index (χ0v) is 14.8. The summed E-state index contributed by atoms with van der Waals surface area (Å²) in [5.41, 5.74) is 0.281. The first-order chi connectivity index (χ1) is 10.4. The van der Waals surface area contributed by atoms with Gasteiger partial charge in [-0.05, 0) is 31.6 Å². The van der Waals surface area contributed by atoms with Gasteiger partial charge in [0.15, 0.2) is 5.96 Å². The van der Waals surface area contributed by atoms with Gasteiger partial charge in [0.25, 0.3) is 0 Å². The average Bonchev–Trinajstić information content (AvgIpc) is 2.40. The van der Waals surface area contributed by atoms with E-state index in [4.69, 9.17) is 4.74 Å². The van der Waals surface area contributed by atoms with E-state index < -0.39 is 10.0 Å². The molecule has 7 nitrogen and oxygen atoms in total. The van der Waals surface area contributed by atoms with Crippen LogP contribution in [0.15, 0.2) is 4.99 Å². The molecule has 1 saturated carbocycles. The zero-order chi connectivity index (χ0) is 16.5. The molecule has 0 unspecified atom stereocenters. The second-order valence-electron chi connectivity index (χ2n) is 5.88. The van der Waals surface area contributed by atoms with Gasteiger partial charge in [-0.25, -0.2) is 13.1 Å². The fraction of sp³-hybridized carbons (Fsp3) is 0.929. The predicted molar refractivity (Wildman–Crippen MR) is 89.6 cm³/mol. The van der Waals surface area contributed by atoms with Gasteiger partial charge in [0.1, 0.15) is 0 Å². The number of sulfonamides is 1. The van der Waals surface area contributed by atoms with Crippen LogP contribution in [0.1, 0.15) is 32.6 Å². The molecule has 22 heavy (non-hydrogen) atoms. The molecule has 0 atom stereocenters. The number of guanidine groups is 1. The Morgan fingerprint density at radius 2 is 2.00 bits per heavy atom. The van der Waals surface area contributed by atoms with E-state index in [-0.39, 0.29) is 5.41 Å². The van der Waals surface area contributed by atoms with Crippen LogP contribution in [0.4, 0.5) is 0 Å². The van der Waals surface area contributed by atoms with Gasteiger partial charge in [0.05, 0.1) is 6.26 Å². The fourth-order valence-corrected chi connectivity index (χ4v) is 2.96. The average molecular weight is 334 g/mol. The Labute approximate surface area is 134 Å². The largest absolute Gasteiger partial charge is 0.385 e. The molecule has 1 aliphatic carbocycles. The summed E-state index contributed by atoms with van der Waals surface area (Å²) in [4.78, 5) is 4.66. The van der Waals surface area contributed by atoms with Crippen LogP contribution >= 0.6 is 0 Å². The molecule has 1 fully saturated rings. The number of methoxy groups -OCH3 is 1. The van der Waals surface area contributed by atoms with Gasteiger partial charge in [-0.1, -0.05) is 6.42 Å². The molecular formula is C14H30N4O3S. The lowest BCUT2D eigenvalue weighted by molar-refractivity contribution is 0.0778. The summed E-state index contributed by atoms with van der Waals surface area (Å²) in [6, 6.07) is 0. The van der Waals surface area contributed by atoms with Crippen molar-refractivity contribution in [3.63, 3.8) is 0 Å². The van der Waals surface area contributed by atoms with Gasteiger partial charge in [-0.2, -0.15) is 0 Å². The molecule has 0 aromatic carbocycles. The molecule has 130 valence electrons. The number of nitrogens with zero attached hydrogens (tertiary/aromatic N) is 1. The van der Waals surface area contributed by atoms with Crippen molar-refractivity contribution in [3.8, 4) is 0 Å². The first-order valence-corrected chi connectivity index (χ1v) is 9.76. The Hall–Kier alpha value is -0.860. The van der Waals surface area contributed by atoms with Crippen LogP contribution in [0.3, 0.4) is 0 Å². The molecule has 1 rings (SSSR count). The lowest BCUT2D eigenvalue weighted by atomic mass is 9.67. The highest BCUT2D eigenvalue weighted by Crippen LogP contribution is 2.44. The van der Waals surface area contributed by atoms with Crippen LogP contribution in [0.25, 0.3) is 0 Å². The van der Waals surface area contributed by atoms with E-state index >= 15 is 0 Å². The molecule has 0 aliphatic heterocycles. The van der Waals surface area contributed by atoms with Gasteiger partial charge in [0, 0.05) is 39.9 Å². The third kappa shape index (κ3) is 7.42. The second-order valence-corrected chi connectivity index (χ2v) is 7.72. The van der Waals surface area contributed by atoms with Crippen LogP contribution in [-0.2, 0) is 14.8 Å². The maximum Gasteiger partial charge on any atom is 0.208 e. The van der Waals surface area contributed by atoms with E-state index in [1.54, 1.807) is 7.11 Å². The number of ether oxygens (including phenoxy) is 1. The van der Waals surface area contributed by atoms with Gasteiger partial charge < -0.3 is 15.4 Å². The van der Waals surface area contributed by atoms with Crippen molar-refractivity contribution in [1.82, 2.24) is 15.4 Å². The molecule has 0 heterocycles. The SMILES string of the molecule is CCNC(=NCC1(CCOC)CCC1)NCCNS(C)(=O)=O. The number of nitrogens with one attached hydrogen (secondary N) is 3. The summed E-state index contributed by atoms with van der Waals surface area (Å²) >= 11 is 0. The second kappa shape index (κ2) is 9.32. The summed E-state index contributed by atoms with van der Waals surface area (Å²) in [6.07, 6.45) is 5.87. The highest BCUT2D eigenvalue weighted by atomic mass is 32.2. The molecule has 3 N–H and O–H groups in total. The van der Waals surface area contributed by atoms with Crippen molar-refractivity contribution in [3.05, 3.63) is 0 Å². The highest BCUT2D eigenvalue weighted by molar-refractivity contribution is 7.88. The third-order valence-electron chi connectivity index (χ3n) is 3.95. The molecule has 0 bridgehead atoms. The van der Waals surface area contributed by atoms with Crippen LogP contribution in [0, 0.1) is 5.41 Å². The Bertz CT molecular complexity index is 447. The van der Waals surface area contributed by atoms with E-state index in [9.17, 15) is 8.42 Å². The topological polar surface area (TPSA) is 91.8 Å². The van der Waals surface area contributed by atoms with Crippen LogP contribution < -0.4 is 15.4 Å². The minimum Gasteiger partial charge on any atom is -0.385 e. The molecule has 0 spiro atoms. The molecule has 0 aromatic rings. The lowest BCUT2D eigenvalue weighted by Crippen LogP contribution is -2.43. The summed E-state index contributed by atoms with van der Waals surface area (Å²) in [5.74, 6) is 0.737. The Kier molecular flexibility index (Phi) is 8.13. The summed E-state index contributed by atoms with van der Waals surface area (Å²) in [6.45, 7) is 5.19. The Balaban J connectivity index is 2.43. The van der Waals surface area contributed by atoms with E-state index in [1.165, 1.54) is 19.3 Å². The Morgan fingerprint density at radius 1 is 1.27 bits per heavy atom. The first kappa shape index (κ1) is 19.2. The van der Waals surface area contributed by atoms with Gasteiger partial charge in [0.2, 0.25) is 10.0 Å². The quantitative estimate of drug-likeness (QED) is 0.304. The van der Waals surface area contributed by atoms with Crippen LogP contribution in [-0.4, -0.2) is 60.5 Å². The third-order valence-corrected chi connectivity index (χ3v) is 4.68. The normalized spacial score (nSPS) is 17.9.